The number of hydrogen-bond donors (Lipinski definition) is 1. The Morgan fingerprint density at radius 3 is 2.37 bits per heavy atom. The van der Waals surface area contributed by atoms with Gasteiger partial charge in [-0.15, -0.1) is 0 Å². The molecule has 0 heterocycles. The molecule has 3 rings (SSSR count). The number of ether oxygens (including phenoxy) is 2. The third-order valence-electron chi connectivity index (χ3n) is 5.39. The molecule has 0 radical (unpaired) electrons. The molecular formula is C27H29N3O5. The van der Waals surface area contributed by atoms with E-state index in [0.717, 1.165) is 46.8 Å². The smallest absolute Gasteiger partial charge is 0.292 e. The van der Waals surface area contributed by atoms with Crippen molar-refractivity contribution in [2.24, 2.45) is 0 Å². The average molecular weight is 476 g/mol. The number of nitrogens with one attached hydrogen (secondary N) is 1. The molecule has 182 valence electrons. The molecule has 1 N–H and O–H groups in total. The SMILES string of the molecule is COc1cc(CN(C)Cc2ccc(/C=C/C(=O)Nc3ccccc3[N+](=O)[O-])cc2)cc(C)c1OC. The van der Waals surface area contributed by atoms with Crippen LogP contribution in [0, 0.1) is 17.0 Å². The van der Waals surface area contributed by atoms with Gasteiger partial charge in [0.05, 0.1) is 19.1 Å². The number of nitrogens with zero attached hydrogens (tertiary/aromatic N) is 2. The Kier molecular flexibility index (Phi) is 8.58. The Hall–Kier alpha value is -4.17. The molecule has 0 bridgehead atoms. The number of benzene rings is 3. The zero-order chi connectivity index (χ0) is 25.4. The Morgan fingerprint density at radius 2 is 1.71 bits per heavy atom. The van der Waals surface area contributed by atoms with Crippen LogP contribution in [0.3, 0.4) is 0 Å². The number of amides is 1. The Morgan fingerprint density at radius 1 is 1.03 bits per heavy atom. The minimum absolute atomic E-state index is 0.147. The standard InChI is InChI=1S/C27H29N3O5/c1-19-15-22(16-25(34-3)27(19)35-4)18-29(2)17-21-11-9-20(10-12-21)13-14-26(31)28-23-7-5-6-8-24(23)30(32)33/h5-16H,17-18H2,1-4H3,(H,28,31)/b14-13+. The lowest BCUT2D eigenvalue weighted by molar-refractivity contribution is -0.383. The van der Waals surface area contributed by atoms with E-state index in [1.165, 1.54) is 18.2 Å². The van der Waals surface area contributed by atoms with Crippen LogP contribution in [0.15, 0.2) is 66.7 Å². The number of para-hydroxylation sites is 2. The van der Waals surface area contributed by atoms with E-state index >= 15 is 0 Å². The van der Waals surface area contributed by atoms with E-state index in [1.54, 1.807) is 32.4 Å². The third kappa shape index (κ3) is 6.91. The number of nitro benzene ring substituents is 1. The monoisotopic (exact) mass is 475 g/mol. The molecule has 0 aliphatic heterocycles. The first-order valence-corrected chi connectivity index (χ1v) is 11.0. The van der Waals surface area contributed by atoms with Crippen LogP contribution < -0.4 is 14.8 Å². The molecule has 0 saturated carbocycles. The summed E-state index contributed by atoms with van der Waals surface area (Å²) < 4.78 is 10.9. The van der Waals surface area contributed by atoms with E-state index < -0.39 is 10.8 Å². The van der Waals surface area contributed by atoms with Gasteiger partial charge in [-0.1, -0.05) is 42.5 Å². The molecule has 0 aromatic heterocycles. The van der Waals surface area contributed by atoms with Gasteiger partial charge in [-0.25, -0.2) is 0 Å². The number of rotatable bonds is 10. The molecular weight excluding hydrogens is 446 g/mol. The van der Waals surface area contributed by atoms with Gasteiger partial charge in [-0.05, 0) is 54.4 Å². The van der Waals surface area contributed by atoms with Crippen LogP contribution in [0.1, 0.15) is 22.3 Å². The number of methoxy groups -OCH3 is 2. The second-order valence-corrected chi connectivity index (χ2v) is 8.16. The first kappa shape index (κ1) is 25.5. The molecule has 8 heteroatoms. The summed E-state index contributed by atoms with van der Waals surface area (Å²) in [6.07, 6.45) is 3.03. The second-order valence-electron chi connectivity index (χ2n) is 8.16. The quantitative estimate of drug-likeness (QED) is 0.246. The summed E-state index contributed by atoms with van der Waals surface area (Å²) >= 11 is 0. The predicted molar refractivity (Wildman–Crippen MR) is 137 cm³/mol. The van der Waals surface area contributed by atoms with E-state index in [-0.39, 0.29) is 11.4 Å². The van der Waals surface area contributed by atoms with Gasteiger partial charge in [0.1, 0.15) is 5.69 Å². The van der Waals surface area contributed by atoms with Gasteiger partial charge in [0, 0.05) is 25.2 Å². The maximum atomic E-state index is 12.2. The van der Waals surface area contributed by atoms with Crippen LogP contribution in [0.25, 0.3) is 6.08 Å². The number of hydrogen-bond acceptors (Lipinski definition) is 6. The highest BCUT2D eigenvalue weighted by Crippen LogP contribution is 2.32. The molecule has 0 spiro atoms. The molecule has 1 amide bonds. The number of aryl methyl sites for hydroxylation is 1. The summed E-state index contributed by atoms with van der Waals surface area (Å²) in [5, 5.41) is 13.6. The highest BCUT2D eigenvalue weighted by atomic mass is 16.6. The maximum absolute atomic E-state index is 12.2. The summed E-state index contributed by atoms with van der Waals surface area (Å²) in [6, 6.07) is 18.0. The number of nitro groups is 1. The Bertz CT molecular complexity index is 1220. The second kappa shape index (κ2) is 11.8. The van der Waals surface area contributed by atoms with Gasteiger partial charge in [-0.2, -0.15) is 0 Å². The molecule has 0 unspecified atom stereocenters. The van der Waals surface area contributed by atoms with Crippen LogP contribution in [-0.2, 0) is 17.9 Å². The van der Waals surface area contributed by atoms with Crippen molar-refractivity contribution in [3.05, 3.63) is 99.1 Å². The van der Waals surface area contributed by atoms with Gasteiger partial charge in [0.25, 0.3) is 5.69 Å². The molecule has 0 aliphatic rings. The molecule has 3 aromatic rings. The first-order valence-electron chi connectivity index (χ1n) is 11.0. The minimum Gasteiger partial charge on any atom is -0.493 e. The minimum atomic E-state index is -0.526. The average Bonchev–Trinajstić information content (AvgIpc) is 2.83. The van der Waals surface area contributed by atoms with Crippen molar-refractivity contribution >= 4 is 23.4 Å². The fraction of sp³-hybridized carbons (Fsp3) is 0.222. The molecule has 0 fully saturated rings. The summed E-state index contributed by atoms with van der Waals surface area (Å²) in [5.74, 6) is 1.03. The summed E-state index contributed by atoms with van der Waals surface area (Å²) in [6.45, 7) is 3.49. The van der Waals surface area contributed by atoms with Gasteiger partial charge in [0.15, 0.2) is 11.5 Å². The summed E-state index contributed by atoms with van der Waals surface area (Å²) in [5.41, 5.74) is 4.15. The highest BCUT2D eigenvalue weighted by Gasteiger charge is 2.13. The van der Waals surface area contributed by atoms with Crippen molar-refractivity contribution in [1.29, 1.82) is 0 Å². The third-order valence-corrected chi connectivity index (χ3v) is 5.39. The van der Waals surface area contributed by atoms with Crippen LogP contribution >= 0.6 is 0 Å². The van der Waals surface area contributed by atoms with Gasteiger partial charge in [-0.3, -0.25) is 19.8 Å². The fourth-order valence-corrected chi connectivity index (χ4v) is 3.82. The molecule has 0 atom stereocenters. The van der Waals surface area contributed by atoms with Gasteiger partial charge in [0.2, 0.25) is 5.91 Å². The largest absolute Gasteiger partial charge is 0.493 e. The highest BCUT2D eigenvalue weighted by molar-refractivity contribution is 6.03. The maximum Gasteiger partial charge on any atom is 0.292 e. The van der Waals surface area contributed by atoms with E-state index in [9.17, 15) is 14.9 Å². The van der Waals surface area contributed by atoms with Crippen molar-refractivity contribution in [3.8, 4) is 11.5 Å². The van der Waals surface area contributed by atoms with E-state index in [4.69, 9.17) is 9.47 Å². The lowest BCUT2D eigenvalue weighted by Gasteiger charge is -2.19. The lowest BCUT2D eigenvalue weighted by atomic mass is 10.1. The van der Waals surface area contributed by atoms with Crippen LogP contribution in [0.5, 0.6) is 11.5 Å². The Balaban J connectivity index is 1.58. The van der Waals surface area contributed by atoms with Crippen LogP contribution in [0.2, 0.25) is 0 Å². The lowest BCUT2D eigenvalue weighted by Crippen LogP contribution is -2.17. The Labute approximate surface area is 204 Å². The summed E-state index contributed by atoms with van der Waals surface area (Å²) in [4.78, 5) is 25.0. The summed E-state index contributed by atoms with van der Waals surface area (Å²) in [7, 11) is 5.32. The number of anilines is 1. The molecule has 35 heavy (non-hydrogen) atoms. The number of carbonyl (C=O) groups excluding carboxylic acids is 1. The van der Waals surface area contributed by atoms with Gasteiger partial charge < -0.3 is 14.8 Å². The van der Waals surface area contributed by atoms with E-state index in [2.05, 4.69) is 16.3 Å². The zero-order valence-corrected chi connectivity index (χ0v) is 20.3. The normalized spacial score (nSPS) is 11.0. The topological polar surface area (TPSA) is 93.9 Å². The first-order chi connectivity index (χ1) is 16.8. The fourth-order valence-electron chi connectivity index (χ4n) is 3.82. The zero-order valence-electron chi connectivity index (χ0n) is 20.3. The van der Waals surface area contributed by atoms with Crippen molar-refractivity contribution in [2.75, 3.05) is 26.6 Å². The van der Waals surface area contributed by atoms with Crippen LogP contribution in [0.4, 0.5) is 11.4 Å². The molecule has 8 nitrogen and oxygen atoms in total. The van der Waals surface area contributed by atoms with E-state index in [1.807, 2.05) is 44.3 Å². The van der Waals surface area contributed by atoms with Crippen molar-refractivity contribution in [1.82, 2.24) is 4.90 Å². The van der Waals surface area contributed by atoms with Crippen molar-refractivity contribution in [2.45, 2.75) is 20.0 Å². The van der Waals surface area contributed by atoms with Crippen molar-refractivity contribution in [3.63, 3.8) is 0 Å². The molecule has 0 saturated heterocycles. The molecule has 0 aliphatic carbocycles. The molecule has 3 aromatic carbocycles. The number of carbonyl (C=O) groups is 1. The van der Waals surface area contributed by atoms with Crippen LogP contribution in [-0.4, -0.2) is 37.0 Å². The van der Waals surface area contributed by atoms with Gasteiger partial charge >= 0.3 is 0 Å². The van der Waals surface area contributed by atoms with E-state index in [0.29, 0.717) is 0 Å². The van der Waals surface area contributed by atoms with Crippen molar-refractivity contribution < 1.29 is 19.2 Å². The predicted octanol–water partition coefficient (Wildman–Crippen LogP) is 5.20.